The number of epoxide rings is 2. The average Bonchev–Trinajstić information content (AvgIpc) is 1.63. The number of halogens is 3. The number of rotatable bonds is 18. The Hall–Kier alpha value is -11.3. The van der Waals surface area contributed by atoms with Gasteiger partial charge < -0.3 is 121 Å². The summed E-state index contributed by atoms with van der Waals surface area (Å²) < 4.78 is 73.5. The summed E-state index contributed by atoms with van der Waals surface area (Å²) in [5, 5.41) is 31.4. The Bertz CT molecular complexity index is 4240. The number of nitrogens with one attached hydrogen (secondary N) is 1. The molecule has 10 aliphatic heterocycles. The van der Waals surface area contributed by atoms with Crippen LogP contribution < -0.4 is 22.3 Å². The number of likely N-dealkylation sites (tertiary alicyclic amines) is 6. The van der Waals surface area contributed by atoms with Gasteiger partial charge in [-0.05, 0) is 38.9 Å². The van der Waals surface area contributed by atoms with E-state index < -0.39 is 42.7 Å². The van der Waals surface area contributed by atoms with E-state index in [0.717, 1.165) is 52.0 Å². The van der Waals surface area contributed by atoms with Crippen molar-refractivity contribution in [2.75, 3.05) is 111 Å². The largest absolute Gasteiger partial charge is 2.00 e. The van der Waals surface area contributed by atoms with E-state index in [1.165, 1.54) is 19.6 Å². The quantitative estimate of drug-likeness (QED) is 0.0204. The number of benzene rings is 7. The molecule has 0 aromatic heterocycles. The molecule has 27 nitrogen and oxygen atoms in total. The first-order valence-electron chi connectivity index (χ1n) is 41.9. The Kier molecular flexibility index (Phi) is 46.1. The number of aliphatic hydroxyl groups is 3. The minimum atomic E-state index is -1.17. The van der Waals surface area contributed by atoms with E-state index in [-0.39, 0.29) is 165 Å². The van der Waals surface area contributed by atoms with Crippen LogP contribution in [0.3, 0.4) is 0 Å². The van der Waals surface area contributed by atoms with Gasteiger partial charge in [0.2, 0.25) is 0 Å². The van der Waals surface area contributed by atoms with Gasteiger partial charge >= 0.3 is 65.7 Å². The van der Waals surface area contributed by atoms with Crippen molar-refractivity contribution in [1.29, 1.82) is 0 Å². The third-order valence-corrected chi connectivity index (χ3v) is 21.2. The summed E-state index contributed by atoms with van der Waals surface area (Å²) in [6.07, 6.45) is 8.38. The maximum absolute atomic E-state index is 13.4. The van der Waals surface area contributed by atoms with Gasteiger partial charge in [-0.2, -0.15) is 0 Å². The van der Waals surface area contributed by atoms with E-state index in [4.69, 9.17) is 47.7 Å². The molecule has 7 aromatic carbocycles. The molecule has 0 spiro atoms. The molecular formula is C97H115BrF2MgN8O19. The molecule has 31 heteroatoms. The summed E-state index contributed by atoms with van der Waals surface area (Å²) in [6.45, 7) is 27.9. The Morgan fingerprint density at radius 1 is 0.344 bits per heavy atom. The van der Waals surface area contributed by atoms with Crippen LogP contribution in [0.25, 0.3) is 0 Å². The van der Waals surface area contributed by atoms with E-state index in [1.54, 1.807) is 32.9 Å². The topological polar surface area (TPSA) is 305 Å². The van der Waals surface area contributed by atoms with Crippen molar-refractivity contribution in [3.8, 4) is 0 Å². The van der Waals surface area contributed by atoms with Crippen molar-refractivity contribution in [2.45, 2.75) is 95.2 Å². The van der Waals surface area contributed by atoms with Gasteiger partial charge in [0.15, 0.2) is 0 Å². The van der Waals surface area contributed by atoms with Crippen LogP contribution >= 0.6 is 0 Å². The number of alkyl halides is 2. The average molecular weight is 1840 g/mol. The molecule has 680 valence electrons. The number of nitrogens with zero attached hydrogens (tertiary/aromatic N) is 7. The van der Waals surface area contributed by atoms with Crippen LogP contribution in [0.2, 0.25) is 0 Å². The van der Waals surface area contributed by atoms with Crippen molar-refractivity contribution in [2.24, 2.45) is 23.7 Å². The first kappa shape index (κ1) is 104. The maximum atomic E-state index is 13.4. The van der Waals surface area contributed by atoms with Gasteiger partial charge in [0.1, 0.15) is 83.0 Å². The number of morpholine rings is 2. The number of carbonyl (C=O) groups is 7. The number of ether oxygens (including phenoxy) is 9. The number of β-amino-alcohol motifs (C(OH)–C–C–N with tert-alkyl or cyclic N) is 2. The van der Waals surface area contributed by atoms with Crippen molar-refractivity contribution >= 4 is 65.7 Å². The molecule has 8 saturated heterocycles. The fourth-order valence-electron chi connectivity index (χ4n) is 13.7. The molecule has 0 radical (unpaired) electrons. The van der Waals surface area contributed by atoms with E-state index in [1.807, 2.05) is 224 Å². The van der Waals surface area contributed by atoms with E-state index >= 15 is 0 Å². The minimum Gasteiger partial charge on any atom is -1.00 e. The van der Waals surface area contributed by atoms with E-state index in [0.29, 0.717) is 91.8 Å². The molecule has 0 bridgehead atoms. The second-order valence-corrected chi connectivity index (χ2v) is 30.5. The number of aliphatic hydroxyl groups excluding tert-OH is 3. The molecule has 7 amide bonds. The zero-order chi connectivity index (χ0) is 89.8. The van der Waals surface area contributed by atoms with Gasteiger partial charge in [-0.1, -0.05) is 255 Å². The van der Waals surface area contributed by atoms with Crippen LogP contribution in [-0.4, -0.2) is 276 Å². The zero-order valence-electron chi connectivity index (χ0n) is 71.9. The zero-order valence-corrected chi connectivity index (χ0v) is 74.9. The van der Waals surface area contributed by atoms with Crippen LogP contribution in [0.4, 0.5) is 42.3 Å². The molecule has 128 heavy (non-hydrogen) atoms. The molecule has 0 aliphatic carbocycles. The van der Waals surface area contributed by atoms with Crippen LogP contribution in [0.15, 0.2) is 281 Å². The molecule has 0 saturated carbocycles. The van der Waals surface area contributed by atoms with Gasteiger partial charge in [-0.25, -0.2) is 42.3 Å². The number of carbonyl (C=O) groups excluding carboxylic acids is 7. The SMILES string of the molecule is C1=CCNC1.C=C[C@@H]1CN(C(=O)OCc2ccccc2)CC1O.C=C[C@@H]1CN(C(=O)OCc2ccccc2)C[C@@H]1F.C=C[C@@H]1CN(C(=O)OCc2ccccc2)C[C@H]1O.O=C(OCc1ccccc1)N1CC2OC2C1.O=C(OCc1ccccc1)N1CC2OC2C1.O=C(OCc1ccccc1)N1CC=CC1.O=C(OCc1ccccc1)N1C[C@@H](CO)[C@@H](F)C1.[Br-].[CH-]=C.[Mg+2]. The van der Waals surface area contributed by atoms with Crippen LogP contribution in [-0.2, 0) is 88.9 Å². The minimum absolute atomic E-state index is 0. The first-order chi connectivity index (χ1) is 61.3. The Labute approximate surface area is 774 Å². The molecule has 5 unspecified atom stereocenters. The van der Waals surface area contributed by atoms with E-state index in [9.17, 15) is 52.6 Å². The van der Waals surface area contributed by atoms with Gasteiger partial charge in [0, 0.05) is 76.0 Å². The monoisotopic (exact) mass is 1840 g/mol. The van der Waals surface area contributed by atoms with Crippen LogP contribution in [0.5, 0.6) is 0 Å². The van der Waals surface area contributed by atoms with E-state index in [2.05, 4.69) is 50.4 Å². The Morgan fingerprint density at radius 3 is 0.789 bits per heavy atom. The van der Waals surface area contributed by atoms with Crippen molar-refractivity contribution in [3.05, 3.63) is 327 Å². The van der Waals surface area contributed by atoms with Crippen LogP contribution in [0, 0.1) is 30.3 Å². The fourth-order valence-corrected chi connectivity index (χ4v) is 13.7. The third-order valence-electron chi connectivity index (χ3n) is 21.2. The fraction of sp³-hybridized carbons (Fsp3) is 0.371. The molecule has 17 rings (SSSR count). The maximum Gasteiger partial charge on any atom is 2.00 e. The number of amides is 7. The predicted molar refractivity (Wildman–Crippen MR) is 475 cm³/mol. The number of fused-ring (bicyclic) bond motifs is 2. The molecule has 10 aliphatic rings. The van der Waals surface area contributed by atoms with Gasteiger partial charge in [-0.15, -0.1) is 19.7 Å². The van der Waals surface area contributed by atoms with Crippen molar-refractivity contribution in [3.63, 3.8) is 0 Å². The predicted octanol–water partition coefficient (Wildman–Crippen LogP) is 10.4. The second-order valence-electron chi connectivity index (χ2n) is 30.5. The summed E-state index contributed by atoms with van der Waals surface area (Å²) in [6, 6.07) is 66.8. The smallest absolute Gasteiger partial charge is 1.00 e. The Morgan fingerprint density at radius 2 is 0.570 bits per heavy atom. The van der Waals surface area contributed by atoms with Gasteiger partial charge in [-0.3, -0.25) is 6.58 Å². The molecule has 8 fully saturated rings. The summed E-state index contributed by atoms with van der Waals surface area (Å²) in [4.78, 5) is 92.5. The molecule has 4 N–H and O–H groups in total. The molecule has 12 atom stereocenters. The number of hydrogen-bond donors (Lipinski definition) is 4. The summed E-state index contributed by atoms with van der Waals surface area (Å²) in [5.74, 6) is -0.896. The Balaban J connectivity index is 0.000000201. The standard InChI is InChI=1S/C14H16FNO2.2C14H17NO3.C13H16FNO3.2C12H13NO3.C12H13NO2.C4H7N.C2H3.BrH.Mg/c1-2-12-8-16(9-13(12)15)14(17)18-10-11-6-4-3-5-7-11;2*1-2-12-8-15(9-13(12)16)14(17)18-10-11-6-4-3-5-7-11;14-12-7-15(6-11(12)8-16)13(17)18-9-10-4-2-1-3-5-10;2*14-12(13-6-10-11(7-13)16-10)15-8-9-4-2-1-3-5-9;14-12(13-8-4-5-9-13)15-10-11-6-2-1-3-7-11;1-2-4-5-3-1;1-2;;/h2-7,12-13H,1,8-10H2;2*2-7,12-13,16H,1,8-10H2;1-5,11-12,16H,6-9H2;2*1-5,10-11H,6-8H2;1-7H,8-10H2;1-2,5H,3-4H2;1H,2H2;1H;/q;;;;;;;;-1;;+2/p-1/t12-,13+;12-,13?;12-,13-;11-,12-;;;;;;;/m1110......./s1. The molecular weight excluding hydrogens is 1720 g/mol. The third kappa shape index (κ3) is 35.8. The summed E-state index contributed by atoms with van der Waals surface area (Å²) in [5.41, 5.74) is 6.74. The van der Waals surface area contributed by atoms with Crippen molar-refractivity contribution in [1.82, 2.24) is 39.6 Å². The van der Waals surface area contributed by atoms with Crippen LogP contribution in [0.1, 0.15) is 38.9 Å². The summed E-state index contributed by atoms with van der Waals surface area (Å²) >= 11 is 0. The number of hydrogen-bond acceptors (Lipinski definition) is 20. The first-order valence-corrected chi connectivity index (χ1v) is 41.9. The van der Waals surface area contributed by atoms with Gasteiger partial charge in [0.05, 0.1) is 71.2 Å². The molecule has 10 heterocycles. The van der Waals surface area contributed by atoms with Crippen molar-refractivity contribution < 1.29 is 117 Å². The molecule has 7 aromatic rings. The summed E-state index contributed by atoms with van der Waals surface area (Å²) in [7, 11) is 0. The van der Waals surface area contributed by atoms with Gasteiger partial charge in [0.25, 0.3) is 0 Å². The second kappa shape index (κ2) is 56.8. The normalized spacial score (nSPS) is 22.0.